The first-order valence-corrected chi connectivity index (χ1v) is 7.67. The number of H-pyrrole nitrogens is 1. The molecule has 1 aliphatic rings. The maximum Gasteiger partial charge on any atom is 0.246 e. The number of anilines is 1. The number of aromatic nitrogens is 3. The maximum absolute atomic E-state index is 12.2. The minimum Gasteiger partial charge on any atom is -0.365 e. The average molecular weight is 299 g/mol. The van der Waals surface area contributed by atoms with E-state index in [9.17, 15) is 4.79 Å². The van der Waals surface area contributed by atoms with E-state index in [0.29, 0.717) is 6.54 Å². The molecule has 0 bridgehead atoms. The lowest BCUT2D eigenvalue weighted by molar-refractivity contribution is -0.129. The number of allylic oxidation sites excluding steroid dienone is 1. The molecule has 2 atom stereocenters. The molecular formula is C16H21N5O. The summed E-state index contributed by atoms with van der Waals surface area (Å²) in [6, 6.07) is 2.45. The lowest BCUT2D eigenvalue weighted by atomic mass is 9.99. The van der Waals surface area contributed by atoms with Crippen molar-refractivity contribution in [3.63, 3.8) is 0 Å². The first-order chi connectivity index (χ1) is 10.7. The monoisotopic (exact) mass is 299 g/mol. The van der Waals surface area contributed by atoms with Crippen molar-refractivity contribution in [1.29, 1.82) is 0 Å². The van der Waals surface area contributed by atoms with Crippen molar-refractivity contribution < 1.29 is 4.79 Å². The van der Waals surface area contributed by atoms with Crippen LogP contribution in [0.25, 0.3) is 11.0 Å². The smallest absolute Gasteiger partial charge is 0.246 e. The van der Waals surface area contributed by atoms with Crippen molar-refractivity contribution in [2.75, 3.05) is 11.9 Å². The van der Waals surface area contributed by atoms with Crippen LogP contribution in [0.2, 0.25) is 0 Å². The number of likely N-dealkylation sites (tertiary alicyclic amines) is 1. The van der Waals surface area contributed by atoms with E-state index in [1.807, 2.05) is 24.1 Å². The number of nitrogens with zero attached hydrogens (tertiary/aromatic N) is 3. The Balaban J connectivity index is 1.75. The molecule has 2 N–H and O–H groups in total. The third-order valence-electron chi connectivity index (χ3n) is 4.17. The number of aromatic amines is 1. The number of rotatable bonds is 3. The minimum atomic E-state index is 0.0796. The standard InChI is InChI=1S/C16H21N5O/c1-3-4-14(22)21-9-12(6-5-11(21)2)20-16-13-7-8-17-15(13)18-10-19-16/h3-4,7-8,10-12H,5-6,9H2,1-2H3,(H2,17,18,19,20)/b4-3+. The van der Waals surface area contributed by atoms with Gasteiger partial charge in [0, 0.05) is 24.8 Å². The van der Waals surface area contributed by atoms with Crippen molar-refractivity contribution in [1.82, 2.24) is 19.9 Å². The van der Waals surface area contributed by atoms with Crippen molar-refractivity contribution in [3.05, 3.63) is 30.7 Å². The Morgan fingerprint density at radius 1 is 1.45 bits per heavy atom. The van der Waals surface area contributed by atoms with Gasteiger partial charge in [-0.3, -0.25) is 4.79 Å². The van der Waals surface area contributed by atoms with Gasteiger partial charge in [-0.25, -0.2) is 9.97 Å². The number of hydrogen-bond donors (Lipinski definition) is 2. The van der Waals surface area contributed by atoms with Crippen LogP contribution in [0.15, 0.2) is 30.7 Å². The zero-order valence-electron chi connectivity index (χ0n) is 12.9. The van der Waals surface area contributed by atoms with Crippen molar-refractivity contribution in [3.8, 4) is 0 Å². The first-order valence-electron chi connectivity index (χ1n) is 7.67. The molecular weight excluding hydrogens is 278 g/mol. The molecule has 6 nitrogen and oxygen atoms in total. The van der Waals surface area contributed by atoms with Gasteiger partial charge in [0.25, 0.3) is 0 Å². The summed E-state index contributed by atoms with van der Waals surface area (Å²) in [6.45, 7) is 4.67. The van der Waals surface area contributed by atoms with Gasteiger partial charge < -0.3 is 15.2 Å². The summed E-state index contributed by atoms with van der Waals surface area (Å²) in [5, 5.41) is 4.45. The van der Waals surface area contributed by atoms with Gasteiger partial charge >= 0.3 is 0 Å². The zero-order chi connectivity index (χ0) is 15.5. The molecule has 2 aromatic heterocycles. The SMILES string of the molecule is C/C=C/C(=O)N1CC(Nc2ncnc3[nH]ccc23)CCC1C. The second-order valence-electron chi connectivity index (χ2n) is 5.72. The molecule has 1 saturated heterocycles. The van der Waals surface area contributed by atoms with E-state index in [0.717, 1.165) is 29.7 Å². The number of amides is 1. The second kappa shape index (κ2) is 6.17. The van der Waals surface area contributed by atoms with Crippen molar-refractivity contribution in [2.45, 2.75) is 38.8 Å². The summed E-state index contributed by atoms with van der Waals surface area (Å²) in [5.74, 6) is 0.903. The van der Waals surface area contributed by atoms with Crippen LogP contribution in [0.4, 0.5) is 5.82 Å². The van der Waals surface area contributed by atoms with E-state index in [4.69, 9.17) is 0 Å². The highest BCUT2D eigenvalue weighted by molar-refractivity contribution is 5.88. The van der Waals surface area contributed by atoms with Gasteiger partial charge in [-0.15, -0.1) is 0 Å². The topological polar surface area (TPSA) is 73.9 Å². The molecule has 22 heavy (non-hydrogen) atoms. The molecule has 0 radical (unpaired) electrons. The third-order valence-corrected chi connectivity index (χ3v) is 4.17. The molecule has 0 saturated carbocycles. The number of fused-ring (bicyclic) bond motifs is 1. The van der Waals surface area contributed by atoms with Gasteiger partial charge in [0.2, 0.25) is 5.91 Å². The predicted molar refractivity (Wildman–Crippen MR) is 86.5 cm³/mol. The molecule has 1 amide bonds. The molecule has 116 valence electrons. The van der Waals surface area contributed by atoms with Crippen LogP contribution < -0.4 is 5.32 Å². The summed E-state index contributed by atoms with van der Waals surface area (Å²) in [5.41, 5.74) is 0.823. The van der Waals surface area contributed by atoms with E-state index in [1.165, 1.54) is 0 Å². The highest BCUT2D eigenvalue weighted by Crippen LogP contribution is 2.23. The van der Waals surface area contributed by atoms with Crippen LogP contribution in [-0.2, 0) is 4.79 Å². The highest BCUT2D eigenvalue weighted by Gasteiger charge is 2.28. The fourth-order valence-corrected chi connectivity index (χ4v) is 2.95. The maximum atomic E-state index is 12.2. The Morgan fingerprint density at radius 3 is 3.14 bits per heavy atom. The largest absolute Gasteiger partial charge is 0.365 e. The number of carbonyl (C=O) groups excluding carboxylic acids is 1. The zero-order valence-corrected chi connectivity index (χ0v) is 12.9. The predicted octanol–water partition coefficient (Wildman–Crippen LogP) is 2.33. The molecule has 1 fully saturated rings. The molecule has 2 unspecified atom stereocenters. The highest BCUT2D eigenvalue weighted by atomic mass is 16.2. The minimum absolute atomic E-state index is 0.0796. The van der Waals surface area contributed by atoms with Crippen LogP contribution in [0.3, 0.4) is 0 Å². The quantitative estimate of drug-likeness (QED) is 0.853. The molecule has 0 spiro atoms. The Hall–Kier alpha value is -2.37. The molecule has 2 aromatic rings. The Morgan fingerprint density at radius 2 is 2.32 bits per heavy atom. The van der Waals surface area contributed by atoms with Crippen LogP contribution in [0, 0.1) is 0 Å². The summed E-state index contributed by atoms with van der Waals surface area (Å²) in [6.07, 6.45) is 8.84. The lowest BCUT2D eigenvalue weighted by Gasteiger charge is -2.38. The van der Waals surface area contributed by atoms with E-state index >= 15 is 0 Å². The fraction of sp³-hybridized carbons (Fsp3) is 0.438. The van der Waals surface area contributed by atoms with Gasteiger partial charge in [0.1, 0.15) is 17.8 Å². The molecule has 0 aromatic carbocycles. The van der Waals surface area contributed by atoms with Crippen LogP contribution in [0.5, 0.6) is 0 Å². The average Bonchev–Trinajstić information content (AvgIpc) is 2.99. The van der Waals surface area contributed by atoms with Crippen molar-refractivity contribution in [2.24, 2.45) is 0 Å². The third kappa shape index (κ3) is 2.81. The van der Waals surface area contributed by atoms with Gasteiger partial charge in [0.15, 0.2) is 0 Å². The lowest BCUT2D eigenvalue weighted by Crippen LogP contribution is -2.49. The van der Waals surface area contributed by atoms with Crippen LogP contribution >= 0.6 is 0 Å². The summed E-state index contributed by atoms with van der Waals surface area (Å²) in [4.78, 5) is 25.7. The second-order valence-corrected chi connectivity index (χ2v) is 5.72. The van der Waals surface area contributed by atoms with E-state index < -0.39 is 0 Å². The number of carbonyl (C=O) groups is 1. The van der Waals surface area contributed by atoms with Gasteiger partial charge in [-0.1, -0.05) is 6.08 Å². The van der Waals surface area contributed by atoms with E-state index in [2.05, 4.69) is 27.2 Å². The Kier molecular flexibility index (Phi) is 4.09. The van der Waals surface area contributed by atoms with Gasteiger partial charge in [-0.05, 0) is 38.8 Å². The van der Waals surface area contributed by atoms with Crippen LogP contribution in [0.1, 0.15) is 26.7 Å². The summed E-state index contributed by atoms with van der Waals surface area (Å²) >= 11 is 0. The summed E-state index contributed by atoms with van der Waals surface area (Å²) < 4.78 is 0. The molecule has 3 rings (SSSR count). The van der Waals surface area contributed by atoms with E-state index in [1.54, 1.807) is 18.5 Å². The van der Waals surface area contributed by atoms with Gasteiger partial charge in [0.05, 0.1) is 5.39 Å². The van der Waals surface area contributed by atoms with E-state index in [-0.39, 0.29) is 18.0 Å². The van der Waals surface area contributed by atoms with Gasteiger partial charge in [-0.2, -0.15) is 0 Å². The molecule has 3 heterocycles. The Bertz CT molecular complexity index is 693. The first kappa shape index (κ1) is 14.6. The molecule has 1 aliphatic heterocycles. The number of piperidine rings is 1. The molecule has 0 aliphatic carbocycles. The van der Waals surface area contributed by atoms with Crippen molar-refractivity contribution >= 4 is 22.8 Å². The number of nitrogens with one attached hydrogen (secondary N) is 2. The fourth-order valence-electron chi connectivity index (χ4n) is 2.95. The normalized spacial score (nSPS) is 22.4. The summed E-state index contributed by atoms with van der Waals surface area (Å²) in [7, 11) is 0. The molecule has 6 heteroatoms. The van der Waals surface area contributed by atoms with Crippen LogP contribution in [-0.4, -0.2) is 44.4 Å². The number of hydrogen-bond acceptors (Lipinski definition) is 4. The Labute approximate surface area is 129 Å².